The summed E-state index contributed by atoms with van der Waals surface area (Å²) in [4.78, 5) is 6.92. The first-order valence-corrected chi connectivity index (χ1v) is 8.99. The molecule has 0 aromatic carbocycles. The zero-order valence-corrected chi connectivity index (χ0v) is 14.5. The van der Waals surface area contributed by atoms with Crippen molar-refractivity contribution in [3.63, 3.8) is 0 Å². The highest BCUT2D eigenvalue weighted by atomic mass is 35.5. The Labute approximate surface area is 147 Å². The third kappa shape index (κ3) is 3.26. The van der Waals surface area contributed by atoms with E-state index in [2.05, 4.69) is 9.88 Å². The first-order chi connectivity index (χ1) is 11.8. The molecule has 2 fully saturated rings. The smallest absolute Gasteiger partial charge is 0.136 e. The Morgan fingerprint density at radius 1 is 1.21 bits per heavy atom. The second-order valence-corrected chi connectivity index (χ2v) is 6.86. The second kappa shape index (κ2) is 7.14. The van der Waals surface area contributed by atoms with Gasteiger partial charge in [-0.3, -0.25) is 4.90 Å². The summed E-state index contributed by atoms with van der Waals surface area (Å²) in [5, 5.41) is 0.451. The van der Waals surface area contributed by atoms with Crippen LogP contribution in [-0.4, -0.2) is 69.2 Å². The molecule has 0 N–H and O–H groups in total. The van der Waals surface area contributed by atoms with Crippen molar-refractivity contribution < 1.29 is 18.9 Å². The van der Waals surface area contributed by atoms with Crippen molar-refractivity contribution in [1.82, 2.24) is 9.88 Å². The summed E-state index contributed by atoms with van der Waals surface area (Å²) in [6, 6.07) is 1.83. The Balaban J connectivity index is 1.50. The van der Waals surface area contributed by atoms with E-state index >= 15 is 0 Å². The molecule has 7 heteroatoms. The summed E-state index contributed by atoms with van der Waals surface area (Å²) in [6.07, 6.45) is 1.62. The van der Waals surface area contributed by atoms with Crippen molar-refractivity contribution in [2.75, 3.05) is 59.3 Å². The average molecular weight is 355 g/mol. The van der Waals surface area contributed by atoms with E-state index in [4.69, 9.17) is 30.5 Å². The van der Waals surface area contributed by atoms with Gasteiger partial charge in [0.15, 0.2) is 0 Å². The van der Waals surface area contributed by atoms with E-state index in [1.165, 1.54) is 0 Å². The molecule has 1 spiro atoms. The fourth-order valence-corrected chi connectivity index (χ4v) is 3.82. The van der Waals surface area contributed by atoms with Crippen LogP contribution in [0.2, 0.25) is 5.15 Å². The number of ether oxygens (including phenoxy) is 4. The van der Waals surface area contributed by atoms with Gasteiger partial charge in [-0.2, -0.15) is 0 Å². The number of rotatable bonds is 4. The van der Waals surface area contributed by atoms with Crippen molar-refractivity contribution in [2.24, 2.45) is 0 Å². The van der Waals surface area contributed by atoms with Crippen molar-refractivity contribution in [2.45, 2.75) is 18.4 Å². The number of hydrogen-bond acceptors (Lipinski definition) is 6. The molecule has 4 heterocycles. The van der Waals surface area contributed by atoms with E-state index in [0.717, 1.165) is 62.7 Å². The molecule has 1 aromatic heterocycles. The van der Waals surface area contributed by atoms with Gasteiger partial charge in [0.25, 0.3) is 0 Å². The van der Waals surface area contributed by atoms with Gasteiger partial charge in [-0.1, -0.05) is 11.6 Å². The Morgan fingerprint density at radius 3 is 2.88 bits per heavy atom. The van der Waals surface area contributed by atoms with Crippen LogP contribution in [0.4, 0.5) is 0 Å². The highest BCUT2D eigenvalue weighted by Crippen LogP contribution is 2.42. The summed E-state index contributed by atoms with van der Waals surface area (Å²) in [7, 11) is 0. The summed E-state index contributed by atoms with van der Waals surface area (Å²) in [6.45, 7) is 6.97. The molecule has 3 aliphatic rings. The van der Waals surface area contributed by atoms with E-state index in [0.29, 0.717) is 31.6 Å². The molecule has 0 saturated carbocycles. The predicted octanol–water partition coefficient (Wildman–Crippen LogP) is 1.63. The first-order valence-electron chi connectivity index (χ1n) is 8.61. The quantitative estimate of drug-likeness (QED) is 0.766. The second-order valence-electron chi connectivity index (χ2n) is 6.47. The number of nitrogens with zero attached hydrogens (tertiary/aromatic N) is 2. The van der Waals surface area contributed by atoms with Crippen molar-refractivity contribution >= 4 is 11.6 Å². The number of halogens is 1. The van der Waals surface area contributed by atoms with E-state index < -0.39 is 5.60 Å². The first kappa shape index (κ1) is 16.5. The number of pyridine rings is 1. The van der Waals surface area contributed by atoms with Crippen LogP contribution < -0.4 is 4.74 Å². The molecule has 24 heavy (non-hydrogen) atoms. The molecular weight excluding hydrogens is 332 g/mol. The maximum absolute atomic E-state index is 6.26. The molecular formula is C17H23ClN2O4. The maximum Gasteiger partial charge on any atom is 0.136 e. The van der Waals surface area contributed by atoms with Crippen LogP contribution >= 0.6 is 11.6 Å². The largest absolute Gasteiger partial charge is 0.492 e. The zero-order chi connectivity index (χ0) is 16.4. The van der Waals surface area contributed by atoms with Crippen LogP contribution in [0.3, 0.4) is 0 Å². The fraction of sp³-hybridized carbons (Fsp3) is 0.706. The van der Waals surface area contributed by atoms with Crippen LogP contribution in [0.25, 0.3) is 0 Å². The van der Waals surface area contributed by atoms with Crippen LogP contribution in [0, 0.1) is 0 Å². The number of morpholine rings is 1. The summed E-state index contributed by atoms with van der Waals surface area (Å²) in [5.74, 6) is 0.841. The molecule has 0 aliphatic carbocycles. The number of fused-ring (bicyclic) bond motifs is 2. The zero-order valence-electron chi connectivity index (χ0n) is 13.8. The summed E-state index contributed by atoms with van der Waals surface area (Å²) < 4.78 is 23.1. The molecule has 2 saturated heterocycles. The topological polar surface area (TPSA) is 53.1 Å². The molecule has 132 valence electrons. The standard InChI is InChI=1S/C17H23ClN2O4/c18-15-11-14(23-10-5-20-3-8-21-9-4-20)13-1-6-24-17(16(13)19-15)2-7-22-12-17/h11H,1-10,12H2. The molecule has 1 aromatic rings. The normalized spacial score (nSPS) is 27.4. The monoisotopic (exact) mass is 354 g/mol. The van der Waals surface area contributed by atoms with Crippen molar-refractivity contribution in [3.8, 4) is 5.75 Å². The third-order valence-corrected chi connectivity index (χ3v) is 5.16. The van der Waals surface area contributed by atoms with Gasteiger partial charge in [-0.25, -0.2) is 4.98 Å². The number of hydrogen-bond donors (Lipinski definition) is 0. The van der Waals surface area contributed by atoms with Gasteiger partial charge in [0.2, 0.25) is 0 Å². The van der Waals surface area contributed by atoms with E-state index in [9.17, 15) is 0 Å². The van der Waals surface area contributed by atoms with E-state index in [-0.39, 0.29) is 0 Å². The van der Waals surface area contributed by atoms with Gasteiger partial charge in [0, 0.05) is 50.7 Å². The molecule has 3 aliphatic heterocycles. The molecule has 6 nitrogen and oxygen atoms in total. The lowest BCUT2D eigenvalue weighted by Crippen LogP contribution is -2.39. The highest BCUT2D eigenvalue weighted by molar-refractivity contribution is 6.29. The lowest BCUT2D eigenvalue weighted by molar-refractivity contribution is -0.0670. The predicted molar refractivity (Wildman–Crippen MR) is 88.8 cm³/mol. The van der Waals surface area contributed by atoms with Crippen molar-refractivity contribution in [1.29, 1.82) is 0 Å². The average Bonchev–Trinajstić information content (AvgIpc) is 3.06. The van der Waals surface area contributed by atoms with Crippen LogP contribution in [0.1, 0.15) is 17.7 Å². The highest BCUT2D eigenvalue weighted by Gasteiger charge is 2.44. The van der Waals surface area contributed by atoms with Crippen LogP contribution in [0.5, 0.6) is 5.75 Å². The van der Waals surface area contributed by atoms with Crippen LogP contribution in [-0.2, 0) is 26.2 Å². The molecule has 1 unspecified atom stereocenters. The Morgan fingerprint density at radius 2 is 2.08 bits per heavy atom. The van der Waals surface area contributed by atoms with Gasteiger partial charge >= 0.3 is 0 Å². The maximum atomic E-state index is 6.26. The molecule has 0 radical (unpaired) electrons. The van der Waals surface area contributed by atoms with Crippen LogP contribution in [0.15, 0.2) is 6.07 Å². The lowest BCUT2D eigenvalue weighted by atomic mass is 9.90. The number of aromatic nitrogens is 1. The lowest BCUT2D eigenvalue weighted by Gasteiger charge is -2.34. The van der Waals surface area contributed by atoms with Gasteiger partial charge in [0.05, 0.1) is 32.1 Å². The third-order valence-electron chi connectivity index (χ3n) is 4.97. The minimum atomic E-state index is -0.444. The SMILES string of the molecule is Clc1cc(OCCN2CCOCC2)c2c(n1)C1(CCOC1)OCC2. The molecule has 0 bridgehead atoms. The van der Waals surface area contributed by atoms with Gasteiger partial charge in [-0.15, -0.1) is 0 Å². The molecule has 0 amide bonds. The summed E-state index contributed by atoms with van der Waals surface area (Å²) in [5.41, 5.74) is 1.58. The fourth-order valence-electron chi connectivity index (χ4n) is 3.64. The Kier molecular flexibility index (Phi) is 4.92. The van der Waals surface area contributed by atoms with Gasteiger partial charge in [-0.05, 0) is 0 Å². The van der Waals surface area contributed by atoms with E-state index in [1.54, 1.807) is 0 Å². The minimum Gasteiger partial charge on any atom is -0.492 e. The molecule has 1 atom stereocenters. The Hall–Kier alpha value is -0.920. The Bertz CT molecular complexity index is 586. The minimum absolute atomic E-state index is 0.444. The molecule has 4 rings (SSSR count). The van der Waals surface area contributed by atoms with Crippen molar-refractivity contribution in [3.05, 3.63) is 22.5 Å². The van der Waals surface area contributed by atoms with Gasteiger partial charge < -0.3 is 18.9 Å². The summed E-state index contributed by atoms with van der Waals surface area (Å²) >= 11 is 6.26. The van der Waals surface area contributed by atoms with E-state index in [1.807, 2.05) is 6.07 Å². The van der Waals surface area contributed by atoms with Gasteiger partial charge in [0.1, 0.15) is 23.1 Å².